The van der Waals surface area contributed by atoms with Crippen molar-refractivity contribution in [1.29, 1.82) is 0 Å². The van der Waals surface area contributed by atoms with E-state index in [1.807, 2.05) is 72.8 Å². The first-order chi connectivity index (χ1) is 16.6. The number of H-pyrrole nitrogens is 1. The van der Waals surface area contributed by atoms with Crippen LogP contribution in [0.5, 0.6) is 0 Å². The van der Waals surface area contributed by atoms with Crippen LogP contribution in [0.2, 0.25) is 0 Å². The number of hydrazone groups is 1. The predicted octanol–water partition coefficient (Wildman–Crippen LogP) is 4.23. The zero-order chi connectivity index (χ0) is 23.8. The highest BCUT2D eigenvalue weighted by Crippen LogP contribution is 2.18. The maximum atomic E-state index is 12.5. The number of amides is 1. The Balaban J connectivity index is 1.40. The van der Waals surface area contributed by atoms with Gasteiger partial charge < -0.3 is 9.88 Å². The van der Waals surface area contributed by atoms with Crippen LogP contribution < -0.4 is 16.0 Å². The smallest absolute Gasteiger partial charge is 0.346 e. The van der Waals surface area contributed by atoms with Crippen molar-refractivity contribution in [2.24, 2.45) is 5.10 Å². The molecule has 7 nitrogen and oxygen atoms in total. The zero-order valence-electron chi connectivity index (χ0n) is 18.8. The molecule has 0 aliphatic carbocycles. The van der Waals surface area contributed by atoms with Gasteiger partial charge in [-0.1, -0.05) is 72.8 Å². The molecule has 0 unspecified atom stereocenters. The maximum Gasteiger partial charge on any atom is 0.346 e. The van der Waals surface area contributed by atoms with Gasteiger partial charge in [-0.3, -0.25) is 4.79 Å². The van der Waals surface area contributed by atoms with E-state index in [4.69, 9.17) is 0 Å². The van der Waals surface area contributed by atoms with Crippen LogP contribution in [-0.4, -0.2) is 28.6 Å². The fourth-order valence-electron chi connectivity index (χ4n) is 3.52. The molecule has 0 atom stereocenters. The van der Waals surface area contributed by atoms with E-state index >= 15 is 0 Å². The predicted molar refractivity (Wildman–Crippen MR) is 135 cm³/mol. The minimum absolute atomic E-state index is 0.0888. The second-order valence-electron chi connectivity index (χ2n) is 7.64. The van der Waals surface area contributed by atoms with Crippen LogP contribution in [0.15, 0.2) is 101 Å². The molecule has 0 fully saturated rings. The van der Waals surface area contributed by atoms with E-state index in [-0.39, 0.29) is 5.69 Å². The Kier molecular flexibility index (Phi) is 7.25. The van der Waals surface area contributed by atoms with E-state index in [1.54, 1.807) is 6.21 Å². The zero-order valence-corrected chi connectivity index (χ0v) is 18.8. The lowest BCUT2D eigenvalue weighted by molar-refractivity contribution is 0.0949. The number of rotatable bonds is 8. The summed E-state index contributed by atoms with van der Waals surface area (Å²) in [6, 6.07) is 29.0. The van der Waals surface area contributed by atoms with Crippen LogP contribution in [0, 0.1) is 0 Å². The van der Waals surface area contributed by atoms with Crippen LogP contribution in [0.3, 0.4) is 0 Å². The van der Waals surface area contributed by atoms with Crippen molar-refractivity contribution in [2.75, 3.05) is 11.4 Å². The van der Waals surface area contributed by atoms with E-state index in [1.165, 1.54) is 11.6 Å². The molecule has 0 saturated heterocycles. The lowest BCUT2D eigenvalue weighted by Crippen LogP contribution is -2.24. The Morgan fingerprint density at radius 1 is 1.00 bits per heavy atom. The van der Waals surface area contributed by atoms with Crippen LogP contribution in [0.1, 0.15) is 28.5 Å². The van der Waals surface area contributed by atoms with Crippen molar-refractivity contribution in [3.8, 4) is 11.3 Å². The van der Waals surface area contributed by atoms with Gasteiger partial charge in [0.05, 0.1) is 11.9 Å². The molecule has 0 bridgehead atoms. The molecular weight excluding hydrogens is 426 g/mol. The number of anilines is 1. The molecule has 1 amide bonds. The van der Waals surface area contributed by atoms with Gasteiger partial charge in [0.1, 0.15) is 5.69 Å². The average Bonchev–Trinajstić information content (AvgIpc) is 2.88. The Morgan fingerprint density at radius 2 is 1.68 bits per heavy atom. The molecule has 34 heavy (non-hydrogen) atoms. The molecule has 0 saturated carbocycles. The molecule has 0 aliphatic heterocycles. The summed E-state index contributed by atoms with van der Waals surface area (Å²) in [6.45, 7) is 3.84. The summed E-state index contributed by atoms with van der Waals surface area (Å²) in [5.41, 5.74) is 6.32. The highest BCUT2D eigenvalue weighted by molar-refractivity contribution is 5.94. The van der Waals surface area contributed by atoms with Gasteiger partial charge >= 0.3 is 5.69 Å². The highest BCUT2D eigenvalue weighted by Gasteiger charge is 2.10. The third-order valence-corrected chi connectivity index (χ3v) is 5.29. The van der Waals surface area contributed by atoms with E-state index in [0.717, 1.165) is 29.9 Å². The van der Waals surface area contributed by atoms with Gasteiger partial charge in [0.2, 0.25) is 0 Å². The van der Waals surface area contributed by atoms with E-state index in [2.05, 4.69) is 44.5 Å². The number of carbonyl (C=O) groups excluding carboxylic acids is 1. The Hall–Kier alpha value is -4.52. The number of hydrogen-bond acceptors (Lipinski definition) is 5. The number of benzene rings is 3. The molecular formula is C27H25N5O2. The van der Waals surface area contributed by atoms with Crippen molar-refractivity contribution in [1.82, 2.24) is 15.4 Å². The lowest BCUT2D eigenvalue weighted by atomic mass is 10.1. The van der Waals surface area contributed by atoms with Gasteiger partial charge in [-0.25, -0.2) is 10.2 Å². The first-order valence-corrected chi connectivity index (χ1v) is 11.0. The fraction of sp³-hybridized carbons (Fsp3) is 0.111. The molecule has 2 N–H and O–H groups in total. The van der Waals surface area contributed by atoms with Gasteiger partial charge in [0, 0.05) is 24.3 Å². The van der Waals surface area contributed by atoms with Crippen LogP contribution in [0.4, 0.5) is 5.69 Å². The number of carbonyl (C=O) groups is 1. The van der Waals surface area contributed by atoms with Crippen molar-refractivity contribution in [3.63, 3.8) is 0 Å². The molecule has 0 spiro atoms. The van der Waals surface area contributed by atoms with Gasteiger partial charge in [0.15, 0.2) is 0 Å². The molecule has 4 aromatic rings. The first kappa shape index (κ1) is 22.7. The van der Waals surface area contributed by atoms with Crippen molar-refractivity contribution in [2.45, 2.75) is 13.5 Å². The normalized spacial score (nSPS) is 10.9. The van der Waals surface area contributed by atoms with Gasteiger partial charge in [-0.15, -0.1) is 0 Å². The first-order valence-electron chi connectivity index (χ1n) is 11.0. The van der Waals surface area contributed by atoms with Crippen molar-refractivity contribution >= 4 is 17.8 Å². The van der Waals surface area contributed by atoms with Gasteiger partial charge in [0.25, 0.3) is 5.91 Å². The van der Waals surface area contributed by atoms with Crippen LogP contribution in [-0.2, 0) is 6.54 Å². The van der Waals surface area contributed by atoms with E-state index in [0.29, 0.717) is 5.69 Å². The minimum Gasteiger partial charge on any atom is -0.367 e. The Labute approximate surface area is 197 Å². The summed E-state index contributed by atoms with van der Waals surface area (Å²) in [6.07, 6.45) is 1.56. The number of nitrogens with one attached hydrogen (secondary N) is 2. The molecule has 0 radical (unpaired) electrons. The quantitative estimate of drug-likeness (QED) is 0.310. The minimum atomic E-state index is -0.595. The summed E-state index contributed by atoms with van der Waals surface area (Å²) in [5.74, 6) is -0.524. The molecule has 7 heteroatoms. The Bertz CT molecular complexity index is 1320. The van der Waals surface area contributed by atoms with Crippen molar-refractivity contribution < 1.29 is 4.79 Å². The van der Waals surface area contributed by atoms with Crippen molar-refractivity contribution in [3.05, 3.63) is 118 Å². The summed E-state index contributed by atoms with van der Waals surface area (Å²) in [4.78, 5) is 33.1. The third kappa shape index (κ3) is 5.83. The van der Waals surface area contributed by atoms with E-state index in [9.17, 15) is 9.59 Å². The molecule has 1 aromatic heterocycles. The second-order valence-corrected chi connectivity index (χ2v) is 7.64. The standard InChI is InChI=1S/C27H25N5O2/c1-2-32(19-21-9-5-3-6-10-21)23-15-13-20(14-16-23)18-28-31-26(33)25-17-24(29-27(34)30-25)22-11-7-4-8-12-22/h3-18H,2,19H2,1H3,(H,31,33)(H,29,30,34)/b28-18+. The topological polar surface area (TPSA) is 90.4 Å². The molecule has 1 heterocycles. The number of nitrogens with zero attached hydrogens (tertiary/aromatic N) is 3. The Morgan fingerprint density at radius 3 is 2.35 bits per heavy atom. The monoisotopic (exact) mass is 451 g/mol. The second kappa shape index (κ2) is 10.9. The number of aromatic amines is 1. The fourth-order valence-corrected chi connectivity index (χ4v) is 3.52. The van der Waals surface area contributed by atoms with Crippen LogP contribution >= 0.6 is 0 Å². The molecule has 0 aliphatic rings. The number of hydrogen-bond donors (Lipinski definition) is 2. The molecule has 3 aromatic carbocycles. The summed E-state index contributed by atoms with van der Waals surface area (Å²) >= 11 is 0. The maximum absolute atomic E-state index is 12.5. The SMILES string of the molecule is CCN(Cc1ccccc1)c1ccc(/C=N/NC(=O)c2cc(-c3ccccc3)nc(=O)[nH]2)cc1. The van der Waals surface area contributed by atoms with Gasteiger partial charge in [-0.05, 0) is 36.2 Å². The number of aromatic nitrogens is 2. The summed E-state index contributed by atoms with van der Waals surface area (Å²) in [7, 11) is 0. The summed E-state index contributed by atoms with van der Waals surface area (Å²) < 4.78 is 0. The highest BCUT2D eigenvalue weighted by atomic mass is 16.2. The van der Waals surface area contributed by atoms with Crippen LogP contribution in [0.25, 0.3) is 11.3 Å². The average molecular weight is 452 g/mol. The largest absolute Gasteiger partial charge is 0.367 e. The molecule has 170 valence electrons. The molecule has 4 rings (SSSR count). The van der Waals surface area contributed by atoms with Gasteiger partial charge in [-0.2, -0.15) is 10.1 Å². The third-order valence-electron chi connectivity index (χ3n) is 5.29. The summed E-state index contributed by atoms with van der Waals surface area (Å²) in [5, 5.41) is 4.03. The lowest BCUT2D eigenvalue weighted by Gasteiger charge is -2.23. The van der Waals surface area contributed by atoms with E-state index < -0.39 is 11.6 Å².